The summed E-state index contributed by atoms with van der Waals surface area (Å²) in [6, 6.07) is 0. The molecule has 72 valence electrons. The van der Waals surface area contributed by atoms with Crippen LogP contribution in [0, 0.1) is 0 Å². The summed E-state index contributed by atoms with van der Waals surface area (Å²) in [5.41, 5.74) is -2.89. The molecule has 0 unspecified atom stereocenters. The van der Waals surface area contributed by atoms with Crippen LogP contribution in [-0.2, 0) is 0 Å². The fourth-order valence-electron chi connectivity index (χ4n) is 0.375. The Morgan fingerprint density at radius 1 is 1.00 bits per heavy atom. The third kappa shape index (κ3) is 3.10. The fourth-order valence-corrected chi connectivity index (χ4v) is 0.839. The van der Waals surface area contributed by atoms with Gasteiger partial charge in [0.2, 0.25) is 5.29 Å². The van der Waals surface area contributed by atoms with Gasteiger partial charge in [-0.25, -0.2) is 0 Å². The molecule has 0 amide bonds. The van der Waals surface area contributed by atoms with E-state index in [4.69, 9.17) is 0 Å². The summed E-state index contributed by atoms with van der Waals surface area (Å²) < 4.78 is 69.9. The maximum absolute atomic E-state index is 11.8. The molecule has 0 rings (SSSR count). The lowest BCUT2D eigenvalue weighted by molar-refractivity contribution is -0.116. The van der Waals surface area contributed by atoms with E-state index in [1.165, 1.54) is 0 Å². The molecule has 0 aliphatic carbocycles. The van der Waals surface area contributed by atoms with Gasteiger partial charge in [-0.05, 0) is 11.6 Å². The van der Waals surface area contributed by atoms with E-state index in [2.05, 4.69) is 23.2 Å². The molecule has 0 aromatic rings. The molecule has 0 saturated heterocycles. The van der Waals surface area contributed by atoms with E-state index < -0.39 is 22.4 Å². The zero-order chi connectivity index (χ0) is 10.2. The quantitative estimate of drug-likeness (QED) is 0.477. The van der Waals surface area contributed by atoms with Crippen LogP contribution in [0.2, 0.25) is 0 Å². The Bertz CT molecular complexity index is 179. The van der Waals surface area contributed by atoms with E-state index in [0.29, 0.717) is 0 Å². The van der Waals surface area contributed by atoms with Gasteiger partial charge < -0.3 is 0 Å². The van der Waals surface area contributed by atoms with Crippen molar-refractivity contribution >= 4 is 23.2 Å². The van der Waals surface area contributed by atoms with E-state index in [9.17, 15) is 26.3 Å². The van der Waals surface area contributed by atoms with Gasteiger partial charge in [-0.2, -0.15) is 26.3 Å². The Morgan fingerprint density at radius 3 is 1.33 bits per heavy atom. The Hall–Kier alpha value is -0.100. The molecule has 0 aromatic heterocycles. The molecule has 0 heterocycles. The number of alkyl halides is 6. The van der Waals surface area contributed by atoms with E-state index in [1.807, 2.05) is 0 Å². The van der Waals surface area contributed by atoms with Crippen LogP contribution in [-0.4, -0.2) is 11.6 Å². The minimum atomic E-state index is -5.59. The minimum absolute atomic E-state index is 2.57. The van der Waals surface area contributed by atoms with Crippen molar-refractivity contribution in [3.8, 4) is 0 Å². The second-order valence-electron chi connectivity index (χ2n) is 1.63. The highest BCUT2D eigenvalue weighted by Gasteiger charge is 2.51. The summed E-state index contributed by atoms with van der Waals surface area (Å²) in [6.45, 7) is 0. The van der Waals surface area contributed by atoms with E-state index >= 15 is 0 Å². The molecular weight excluding hydrogens is 233 g/mol. The van der Waals surface area contributed by atoms with Crippen LogP contribution in [0.4, 0.5) is 26.3 Å². The highest BCUT2D eigenvalue weighted by Crippen LogP contribution is 2.43. The van der Waals surface area contributed by atoms with Gasteiger partial charge >= 0.3 is 11.6 Å². The summed E-state index contributed by atoms with van der Waals surface area (Å²) in [4.78, 5) is 0. The topological polar surface area (TPSA) is 0 Å². The summed E-state index contributed by atoms with van der Waals surface area (Å²) in [6.07, 6.45) is -5.59. The molecule has 8 heteroatoms. The van der Waals surface area contributed by atoms with Gasteiger partial charge in [-0.1, -0.05) is 11.6 Å². The summed E-state index contributed by atoms with van der Waals surface area (Å²) in [7, 11) is 0. The molecule has 12 heavy (non-hydrogen) atoms. The monoisotopic (exact) mass is 232 g/mol. The Morgan fingerprint density at radius 2 is 1.33 bits per heavy atom. The van der Waals surface area contributed by atoms with Crippen molar-refractivity contribution in [3.05, 3.63) is 10.9 Å². The lowest BCUT2D eigenvalue weighted by Crippen LogP contribution is -2.25. The highest BCUT2D eigenvalue weighted by atomic mass is 35.5. The predicted molar refractivity (Wildman–Crippen MR) is 30.8 cm³/mol. The van der Waals surface area contributed by atoms with Crippen molar-refractivity contribution in [1.29, 1.82) is 0 Å². The average molecular weight is 233 g/mol. The Labute approximate surface area is 72.7 Å². The number of halogens is 8. The summed E-state index contributed by atoms with van der Waals surface area (Å²) in [5.74, 6) is 0. The smallest absolute Gasteiger partial charge is 0.193 e. The van der Waals surface area contributed by atoms with Crippen molar-refractivity contribution in [1.82, 2.24) is 0 Å². The second kappa shape index (κ2) is 3.33. The van der Waals surface area contributed by atoms with Gasteiger partial charge in [-0.15, -0.1) is 0 Å². The standard InChI is InChI=1S/C4Cl2F6/c5-2(7)1(3(6,8)9)4(10,11)12/b2-1+. The molecule has 0 aliphatic heterocycles. The van der Waals surface area contributed by atoms with Crippen LogP contribution < -0.4 is 0 Å². The van der Waals surface area contributed by atoms with Crippen LogP contribution in [0.25, 0.3) is 0 Å². The molecule has 0 bridgehead atoms. The van der Waals surface area contributed by atoms with Crippen molar-refractivity contribution in [3.63, 3.8) is 0 Å². The lowest BCUT2D eigenvalue weighted by Gasteiger charge is -2.14. The SMILES string of the molecule is F/C(Cl)=C(/C(F)(F)F)C(F)(F)Cl. The van der Waals surface area contributed by atoms with Crippen molar-refractivity contribution in [2.75, 3.05) is 0 Å². The van der Waals surface area contributed by atoms with Gasteiger partial charge in [0.15, 0.2) is 5.57 Å². The zero-order valence-corrected chi connectivity index (χ0v) is 6.54. The molecule has 0 atom stereocenters. The van der Waals surface area contributed by atoms with Crippen molar-refractivity contribution < 1.29 is 26.3 Å². The van der Waals surface area contributed by atoms with Crippen LogP contribution in [0.5, 0.6) is 0 Å². The Balaban J connectivity index is 5.13. The zero-order valence-electron chi connectivity index (χ0n) is 5.02. The average Bonchev–Trinajstić information content (AvgIpc) is 1.49. The van der Waals surface area contributed by atoms with Crippen LogP contribution in [0.15, 0.2) is 10.9 Å². The summed E-state index contributed by atoms with van der Waals surface area (Å²) in [5, 5.41) is -7.42. The minimum Gasteiger partial charge on any atom is -0.193 e. The van der Waals surface area contributed by atoms with Crippen LogP contribution in [0.3, 0.4) is 0 Å². The second-order valence-corrected chi connectivity index (χ2v) is 2.44. The van der Waals surface area contributed by atoms with Gasteiger partial charge in [0, 0.05) is 0 Å². The molecule has 0 nitrogen and oxygen atoms in total. The van der Waals surface area contributed by atoms with Gasteiger partial charge in [0.25, 0.3) is 0 Å². The van der Waals surface area contributed by atoms with Gasteiger partial charge in [0.1, 0.15) is 0 Å². The van der Waals surface area contributed by atoms with Gasteiger partial charge in [0.05, 0.1) is 0 Å². The number of hydrogen-bond acceptors (Lipinski definition) is 0. The van der Waals surface area contributed by atoms with Crippen LogP contribution in [0.1, 0.15) is 0 Å². The predicted octanol–water partition coefficient (Wildman–Crippen LogP) is 3.80. The van der Waals surface area contributed by atoms with Crippen molar-refractivity contribution in [2.45, 2.75) is 11.6 Å². The first-order chi connectivity index (χ1) is 5.07. The number of rotatable bonds is 1. The molecule has 0 radical (unpaired) electrons. The largest absolute Gasteiger partial charge is 0.423 e. The maximum atomic E-state index is 11.8. The third-order valence-corrected chi connectivity index (χ3v) is 1.13. The summed E-state index contributed by atoms with van der Waals surface area (Å²) >= 11 is 8.08. The first kappa shape index (κ1) is 11.9. The fraction of sp³-hybridized carbons (Fsp3) is 0.500. The Kier molecular flexibility index (Phi) is 3.31. The van der Waals surface area contributed by atoms with E-state index in [0.717, 1.165) is 0 Å². The number of allylic oxidation sites excluding steroid dienone is 1. The third-order valence-electron chi connectivity index (χ3n) is 0.756. The highest BCUT2D eigenvalue weighted by molar-refractivity contribution is 6.30. The lowest BCUT2D eigenvalue weighted by atomic mass is 10.3. The molecule has 0 N–H and O–H groups in total. The van der Waals surface area contributed by atoms with Gasteiger partial charge in [-0.3, -0.25) is 0 Å². The molecule has 0 aliphatic rings. The maximum Gasteiger partial charge on any atom is 0.423 e. The molecular formula is C4Cl2F6. The first-order valence-electron chi connectivity index (χ1n) is 2.26. The molecule has 0 aromatic carbocycles. The normalized spacial score (nSPS) is 16.0. The first-order valence-corrected chi connectivity index (χ1v) is 3.02. The van der Waals surface area contributed by atoms with E-state index in [-0.39, 0.29) is 0 Å². The van der Waals surface area contributed by atoms with E-state index in [1.54, 1.807) is 0 Å². The molecule has 0 fully saturated rings. The number of hydrogen-bond donors (Lipinski definition) is 0. The molecule has 0 spiro atoms. The van der Waals surface area contributed by atoms with Crippen LogP contribution >= 0.6 is 23.2 Å². The van der Waals surface area contributed by atoms with Crippen molar-refractivity contribution in [2.24, 2.45) is 0 Å². The molecule has 0 saturated carbocycles.